The molecule has 1 spiro atoms. The first-order chi connectivity index (χ1) is 21.4. The first-order valence-corrected chi connectivity index (χ1v) is 16.0. The molecule has 12 nitrogen and oxygen atoms in total. The largest absolute Gasteiger partial charge is 0.455 e. The number of benzene rings is 1. The lowest BCUT2D eigenvalue weighted by Crippen LogP contribution is -2.81. The summed E-state index contributed by atoms with van der Waals surface area (Å²) < 4.78 is 31.0. The summed E-state index contributed by atoms with van der Waals surface area (Å²) >= 11 is 0. The number of carbonyl (C=O) groups excluding carboxylic acids is 2. The van der Waals surface area contributed by atoms with E-state index in [1.165, 1.54) is 6.92 Å². The van der Waals surface area contributed by atoms with Gasteiger partial charge in [-0.25, -0.2) is 4.79 Å². The van der Waals surface area contributed by atoms with Crippen molar-refractivity contribution in [2.45, 2.75) is 80.6 Å². The number of ether oxygens (including phenoxy) is 5. The molecule has 1 aromatic carbocycles. The topological polar surface area (TPSA) is 164 Å². The lowest BCUT2D eigenvalue weighted by atomic mass is 9.42. The Morgan fingerprint density at radius 1 is 1.02 bits per heavy atom. The van der Waals surface area contributed by atoms with E-state index in [0.29, 0.717) is 13.1 Å². The second kappa shape index (κ2) is 10.4. The molecule has 1 heterocycles. The summed E-state index contributed by atoms with van der Waals surface area (Å²) in [4.78, 5) is 29.0. The zero-order valence-corrected chi connectivity index (χ0v) is 26.4. The Labute approximate surface area is 262 Å². The third kappa shape index (κ3) is 3.55. The SMILES string of the molecule is CCN1C[C@]2(COC)C(O)C[C@H](OC)[C@@]34[C@@H]5C[C@]6(O)[C@H](OC(=O)c7ccccc7)[C@@H]5[C@@](OC(C)=O)([C@@H]([C@H](OC)[C@H]23)[C@@H]14)[C@@H](O)[C@@H]6O. The van der Waals surface area contributed by atoms with Crippen LogP contribution >= 0.6 is 0 Å². The molecule has 0 amide bonds. The van der Waals surface area contributed by atoms with Gasteiger partial charge in [0.15, 0.2) is 5.60 Å². The van der Waals surface area contributed by atoms with Gasteiger partial charge in [-0.3, -0.25) is 9.69 Å². The second-order valence-electron chi connectivity index (χ2n) is 14.2. The van der Waals surface area contributed by atoms with E-state index in [1.54, 1.807) is 51.7 Å². The van der Waals surface area contributed by atoms with E-state index in [-0.39, 0.29) is 25.0 Å². The van der Waals surface area contributed by atoms with Crippen LogP contribution in [0.5, 0.6) is 0 Å². The molecule has 7 bridgehead atoms. The Morgan fingerprint density at radius 3 is 2.33 bits per heavy atom. The van der Waals surface area contributed by atoms with Crippen LogP contribution in [0, 0.1) is 34.5 Å². The number of fused-ring (bicyclic) bond motifs is 2. The van der Waals surface area contributed by atoms with Gasteiger partial charge in [0.05, 0.1) is 30.5 Å². The van der Waals surface area contributed by atoms with Crippen molar-refractivity contribution < 1.29 is 53.7 Å². The van der Waals surface area contributed by atoms with Crippen LogP contribution in [0.15, 0.2) is 30.3 Å². The smallest absolute Gasteiger partial charge is 0.338 e. The van der Waals surface area contributed by atoms with Gasteiger partial charge in [-0.2, -0.15) is 0 Å². The highest BCUT2D eigenvalue weighted by molar-refractivity contribution is 5.89. The normalized spacial score (nSPS) is 50.7. The minimum atomic E-state index is -2.06. The molecule has 5 saturated carbocycles. The second-order valence-corrected chi connectivity index (χ2v) is 14.2. The monoisotopic (exact) mass is 631 g/mol. The highest BCUT2D eigenvalue weighted by Crippen LogP contribution is 2.80. The lowest BCUT2D eigenvalue weighted by molar-refractivity contribution is -0.320. The number of hydrogen-bond acceptors (Lipinski definition) is 12. The molecule has 248 valence electrons. The molecule has 1 saturated heterocycles. The van der Waals surface area contributed by atoms with Crippen molar-refractivity contribution in [3.63, 3.8) is 0 Å². The molecule has 7 rings (SSSR count). The van der Waals surface area contributed by atoms with Crippen molar-refractivity contribution >= 4 is 11.9 Å². The van der Waals surface area contributed by atoms with E-state index in [2.05, 4.69) is 4.90 Å². The molecular weight excluding hydrogens is 586 g/mol. The van der Waals surface area contributed by atoms with Crippen LogP contribution in [-0.2, 0) is 28.5 Å². The van der Waals surface area contributed by atoms with Gasteiger partial charge >= 0.3 is 11.9 Å². The summed E-state index contributed by atoms with van der Waals surface area (Å²) in [7, 11) is 4.78. The van der Waals surface area contributed by atoms with E-state index >= 15 is 0 Å². The van der Waals surface area contributed by atoms with Gasteiger partial charge < -0.3 is 44.1 Å². The first-order valence-electron chi connectivity index (χ1n) is 16.0. The van der Waals surface area contributed by atoms with Crippen LogP contribution in [0.3, 0.4) is 0 Å². The molecule has 45 heavy (non-hydrogen) atoms. The highest BCUT2D eigenvalue weighted by Gasteiger charge is 2.92. The Hall–Kier alpha value is -2.16. The quantitative estimate of drug-likeness (QED) is 0.284. The van der Waals surface area contributed by atoms with Gasteiger partial charge in [0, 0.05) is 75.8 Å². The van der Waals surface area contributed by atoms with Crippen molar-refractivity contribution in [1.29, 1.82) is 0 Å². The predicted octanol–water partition coefficient (Wildman–Crippen LogP) is -0.00600. The Kier molecular flexibility index (Phi) is 7.28. The van der Waals surface area contributed by atoms with Gasteiger partial charge in [0.1, 0.15) is 23.9 Å². The molecule has 0 radical (unpaired) electrons. The van der Waals surface area contributed by atoms with Gasteiger partial charge in [0.25, 0.3) is 0 Å². The van der Waals surface area contributed by atoms with Crippen LogP contribution in [0.2, 0.25) is 0 Å². The van der Waals surface area contributed by atoms with Gasteiger partial charge in [-0.1, -0.05) is 25.1 Å². The van der Waals surface area contributed by atoms with Crippen molar-refractivity contribution in [3.05, 3.63) is 35.9 Å². The van der Waals surface area contributed by atoms with E-state index in [4.69, 9.17) is 23.7 Å². The fourth-order valence-electron chi connectivity index (χ4n) is 12.0. The zero-order valence-electron chi connectivity index (χ0n) is 26.4. The minimum absolute atomic E-state index is 0.0572. The third-order valence-corrected chi connectivity index (χ3v) is 12.9. The Morgan fingerprint density at radius 2 is 1.73 bits per heavy atom. The van der Waals surface area contributed by atoms with Crippen molar-refractivity contribution in [2.24, 2.45) is 34.5 Å². The average Bonchev–Trinajstić information content (AvgIpc) is 3.41. The number of likely N-dealkylation sites (tertiary alicyclic amines) is 1. The van der Waals surface area contributed by atoms with E-state index in [1.807, 2.05) is 6.92 Å². The molecule has 15 atom stereocenters. The molecule has 1 unspecified atom stereocenters. The van der Waals surface area contributed by atoms with Crippen molar-refractivity contribution in [3.8, 4) is 0 Å². The molecule has 0 aromatic heterocycles. The lowest BCUT2D eigenvalue weighted by Gasteiger charge is -2.70. The summed E-state index contributed by atoms with van der Waals surface area (Å²) in [5.41, 5.74) is -5.27. The number of carbonyl (C=O) groups is 2. The van der Waals surface area contributed by atoms with Crippen molar-refractivity contribution in [1.82, 2.24) is 4.90 Å². The van der Waals surface area contributed by atoms with Crippen LogP contribution in [-0.4, -0.2) is 132 Å². The molecule has 4 N–H and O–H groups in total. The number of nitrogens with zero attached hydrogens (tertiary/aromatic N) is 1. The van der Waals surface area contributed by atoms with Crippen LogP contribution in [0.1, 0.15) is 37.0 Å². The van der Waals surface area contributed by atoms with Crippen molar-refractivity contribution in [2.75, 3.05) is 41.0 Å². The van der Waals surface area contributed by atoms with Gasteiger partial charge in [-0.15, -0.1) is 0 Å². The van der Waals surface area contributed by atoms with Crippen LogP contribution < -0.4 is 0 Å². The summed E-state index contributed by atoms with van der Waals surface area (Å²) in [6, 6.07) is 7.96. The average molecular weight is 632 g/mol. The predicted molar refractivity (Wildman–Crippen MR) is 156 cm³/mol. The first kappa shape index (κ1) is 31.4. The standard InChI is InChI=1S/C33H45NO11/c1-6-34-14-30(15-41-3)19(36)12-20(42-4)32-18-13-31(40)26(37)27(38)33(45-16(2)35,22(25(32)34)23(43-5)24(30)32)21(18)28(31)44-29(39)17-10-8-7-9-11-17/h7-11,18-28,36-38,40H,6,12-15H2,1-5H3/t18-,19?,20+,21-,22+,23+,24-,25-,26+,27+,28-,30+,31-,32+,33-/m1/s1. The summed E-state index contributed by atoms with van der Waals surface area (Å²) in [5, 5.41) is 48.4. The summed E-state index contributed by atoms with van der Waals surface area (Å²) in [6.07, 6.45) is -6.69. The van der Waals surface area contributed by atoms with Crippen LogP contribution in [0.4, 0.5) is 0 Å². The third-order valence-electron chi connectivity index (χ3n) is 12.9. The number of rotatable bonds is 8. The number of methoxy groups -OCH3 is 3. The maximum absolute atomic E-state index is 13.6. The number of esters is 2. The number of piperidine rings is 1. The zero-order chi connectivity index (χ0) is 32.3. The number of aliphatic hydroxyl groups excluding tert-OH is 3. The molecule has 5 aliphatic carbocycles. The fraction of sp³-hybridized carbons (Fsp3) is 0.758. The fourth-order valence-corrected chi connectivity index (χ4v) is 12.0. The molecule has 12 heteroatoms. The number of aliphatic hydroxyl groups is 4. The molecular formula is C33H45NO11. The van der Waals surface area contributed by atoms with E-state index in [0.717, 1.165) is 0 Å². The maximum atomic E-state index is 13.6. The van der Waals surface area contributed by atoms with E-state index < -0.39 is 100 Å². The maximum Gasteiger partial charge on any atom is 0.338 e. The highest BCUT2D eigenvalue weighted by atomic mass is 16.6. The Balaban J connectivity index is 1.52. The molecule has 6 aliphatic rings. The Bertz CT molecular complexity index is 1350. The molecule has 1 aliphatic heterocycles. The summed E-state index contributed by atoms with van der Waals surface area (Å²) in [5.74, 6) is -4.06. The van der Waals surface area contributed by atoms with Gasteiger partial charge in [-0.05, 0) is 31.0 Å². The molecule has 1 aromatic rings. The van der Waals surface area contributed by atoms with Crippen LogP contribution in [0.25, 0.3) is 0 Å². The summed E-state index contributed by atoms with van der Waals surface area (Å²) in [6.45, 7) is 4.50. The molecule has 6 fully saturated rings. The van der Waals surface area contributed by atoms with E-state index in [9.17, 15) is 30.0 Å². The minimum Gasteiger partial charge on any atom is -0.455 e. The number of hydrogen-bond donors (Lipinski definition) is 4. The van der Waals surface area contributed by atoms with Gasteiger partial charge in [0.2, 0.25) is 0 Å².